The number of rotatable bonds is 6. The molecule has 0 spiro atoms. The average Bonchev–Trinajstić information content (AvgIpc) is 2.38. The Hall–Kier alpha value is -2.69. The van der Waals surface area contributed by atoms with Crippen LogP contribution in [0.2, 0.25) is 0 Å². The Morgan fingerprint density at radius 3 is 2.95 bits per heavy atom. The maximum atomic E-state index is 11.2. The van der Waals surface area contributed by atoms with Gasteiger partial charge < -0.3 is 10.6 Å². The highest BCUT2D eigenvalue weighted by Crippen LogP contribution is 2.25. The lowest BCUT2D eigenvalue weighted by atomic mass is 10.2. The van der Waals surface area contributed by atoms with Crippen LogP contribution >= 0.6 is 0 Å². The van der Waals surface area contributed by atoms with Gasteiger partial charge in [0.2, 0.25) is 11.7 Å². The van der Waals surface area contributed by atoms with Crippen molar-refractivity contribution in [2.45, 2.75) is 13.3 Å². The molecular weight excluding hydrogens is 250 g/mol. The standard InChI is InChI=1S/C11H13N5O3/c1-2-13-9(17)4-6-15-11-10(16(18)19)8(7-12)3-5-14-11/h3,5H,2,4,6H2,1H3,(H,13,17)(H,14,15). The van der Waals surface area contributed by atoms with Crippen LogP contribution in [0.15, 0.2) is 12.3 Å². The number of anilines is 1. The second-order valence-electron chi connectivity index (χ2n) is 3.55. The van der Waals surface area contributed by atoms with E-state index in [1.54, 1.807) is 13.0 Å². The fraction of sp³-hybridized carbons (Fsp3) is 0.364. The van der Waals surface area contributed by atoms with Gasteiger partial charge in [-0.15, -0.1) is 0 Å². The first kappa shape index (κ1) is 14.4. The maximum Gasteiger partial charge on any atom is 0.328 e. The summed E-state index contributed by atoms with van der Waals surface area (Å²) in [5.74, 6) is -0.164. The van der Waals surface area contributed by atoms with Crippen molar-refractivity contribution in [1.82, 2.24) is 10.3 Å². The minimum absolute atomic E-state index is 0.00616. The summed E-state index contributed by atoms with van der Waals surface area (Å²) in [4.78, 5) is 25.3. The predicted molar refractivity (Wildman–Crippen MR) is 67.4 cm³/mol. The molecule has 0 fully saturated rings. The molecule has 1 aromatic heterocycles. The van der Waals surface area contributed by atoms with Gasteiger partial charge in [-0.05, 0) is 13.0 Å². The van der Waals surface area contributed by atoms with Gasteiger partial charge in [-0.1, -0.05) is 0 Å². The Morgan fingerprint density at radius 2 is 2.37 bits per heavy atom. The Bertz CT molecular complexity index is 524. The second kappa shape index (κ2) is 6.90. The highest BCUT2D eigenvalue weighted by molar-refractivity contribution is 5.76. The quantitative estimate of drug-likeness (QED) is 0.578. The fourth-order valence-electron chi connectivity index (χ4n) is 1.44. The van der Waals surface area contributed by atoms with Gasteiger partial charge in [0.1, 0.15) is 11.6 Å². The molecule has 0 aliphatic heterocycles. The number of nitriles is 1. The number of carbonyl (C=O) groups excluding carboxylic acids is 1. The number of nitrogens with zero attached hydrogens (tertiary/aromatic N) is 3. The summed E-state index contributed by atoms with van der Waals surface area (Å²) in [6.07, 6.45) is 1.48. The first-order valence-corrected chi connectivity index (χ1v) is 5.64. The fourth-order valence-corrected chi connectivity index (χ4v) is 1.44. The Balaban J connectivity index is 2.76. The molecular formula is C11H13N5O3. The van der Waals surface area contributed by atoms with Gasteiger partial charge >= 0.3 is 5.69 Å². The number of nitrogens with one attached hydrogen (secondary N) is 2. The molecule has 0 aromatic carbocycles. The molecule has 1 aromatic rings. The van der Waals surface area contributed by atoms with Crippen molar-refractivity contribution < 1.29 is 9.72 Å². The van der Waals surface area contributed by atoms with E-state index in [2.05, 4.69) is 15.6 Å². The zero-order valence-electron chi connectivity index (χ0n) is 10.3. The molecule has 0 saturated heterocycles. The minimum Gasteiger partial charge on any atom is -0.364 e. The van der Waals surface area contributed by atoms with Crippen molar-refractivity contribution in [3.8, 4) is 6.07 Å². The minimum atomic E-state index is -0.667. The van der Waals surface area contributed by atoms with Crippen LogP contribution in [-0.2, 0) is 4.79 Å². The summed E-state index contributed by atoms with van der Waals surface area (Å²) < 4.78 is 0. The molecule has 1 amide bonds. The van der Waals surface area contributed by atoms with Crippen LogP contribution in [0.1, 0.15) is 18.9 Å². The summed E-state index contributed by atoms with van der Waals surface area (Å²) in [5, 5.41) is 25.0. The molecule has 2 N–H and O–H groups in total. The largest absolute Gasteiger partial charge is 0.364 e. The zero-order chi connectivity index (χ0) is 14.3. The molecule has 0 radical (unpaired) electrons. The lowest BCUT2D eigenvalue weighted by molar-refractivity contribution is -0.384. The first-order valence-electron chi connectivity index (χ1n) is 5.64. The van der Waals surface area contributed by atoms with E-state index in [1.165, 1.54) is 12.3 Å². The molecule has 0 unspecified atom stereocenters. The molecule has 1 rings (SSSR count). The third kappa shape index (κ3) is 3.92. The van der Waals surface area contributed by atoms with Crippen molar-refractivity contribution in [2.24, 2.45) is 0 Å². The van der Waals surface area contributed by atoms with Crippen molar-refractivity contribution in [2.75, 3.05) is 18.4 Å². The van der Waals surface area contributed by atoms with E-state index in [-0.39, 0.29) is 35.9 Å². The van der Waals surface area contributed by atoms with E-state index < -0.39 is 4.92 Å². The smallest absolute Gasteiger partial charge is 0.328 e. The van der Waals surface area contributed by atoms with E-state index in [0.717, 1.165) is 0 Å². The van der Waals surface area contributed by atoms with Crippen LogP contribution < -0.4 is 10.6 Å². The predicted octanol–water partition coefficient (Wildman–Crippen LogP) is 0.800. The topological polar surface area (TPSA) is 121 Å². The van der Waals surface area contributed by atoms with Crippen molar-refractivity contribution >= 4 is 17.4 Å². The SMILES string of the molecule is CCNC(=O)CCNc1nccc(C#N)c1[N+](=O)[O-]. The molecule has 1 heterocycles. The lowest BCUT2D eigenvalue weighted by Gasteiger charge is -2.06. The molecule has 0 atom stereocenters. The third-order valence-corrected chi connectivity index (χ3v) is 2.25. The van der Waals surface area contributed by atoms with Gasteiger partial charge in [0.15, 0.2) is 0 Å². The number of hydrogen-bond donors (Lipinski definition) is 2. The molecule has 8 heteroatoms. The van der Waals surface area contributed by atoms with Gasteiger partial charge in [-0.3, -0.25) is 14.9 Å². The number of carbonyl (C=O) groups is 1. The number of aromatic nitrogens is 1. The van der Waals surface area contributed by atoms with Gasteiger partial charge in [-0.2, -0.15) is 5.26 Å². The van der Waals surface area contributed by atoms with Gasteiger partial charge in [-0.25, -0.2) is 4.98 Å². The molecule has 0 aliphatic rings. The number of amides is 1. The highest BCUT2D eigenvalue weighted by atomic mass is 16.6. The highest BCUT2D eigenvalue weighted by Gasteiger charge is 2.20. The van der Waals surface area contributed by atoms with Gasteiger partial charge in [0.25, 0.3) is 0 Å². The van der Waals surface area contributed by atoms with Crippen LogP contribution in [0.3, 0.4) is 0 Å². The van der Waals surface area contributed by atoms with Crippen molar-refractivity contribution in [3.05, 3.63) is 27.9 Å². The molecule has 0 saturated carbocycles. The number of pyridine rings is 1. The lowest BCUT2D eigenvalue weighted by Crippen LogP contribution is -2.25. The van der Waals surface area contributed by atoms with Crippen LogP contribution in [0.25, 0.3) is 0 Å². The monoisotopic (exact) mass is 263 g/mol. The number of nitro groups is 1. The van der Waals surface area contributed by atoms with E-state index in [9.17, 15) is 14.9 Å². The first-order chi connectivity index (χ1) is 9.10. The van der Waals surface area contributed by atoms with E-state index in [4.69, 9.17) is 5.26 Å². The van der Waals surface area contributed by atoms with E-state index >= 15 is 0 Å². The third-order valence-electron chi connectivity index (χ3n) is 2.25. The maximum absolute atomic E-state index is 11.2. The summed E-state index contributed by atoms with van der Waals surface area (Å²) in [6, 6.07) is 3.01. The Kier molecular flexibility index (Phi) is 5.22. The molecule has 19 heavy (non-hydrogen) atoms. The van der Waals surface area contributed by atoms with Crippen molar-refractivity contribution in [3.63, 3.8) is 0 Å². The second-order valence-corrected chi connectivity index (χ2v) is 3.55. The summed E-state index contributed by atoms with van der Waals surface area (Å²) >= 11 is 0. The molecule has 0 bridgehead atoms. The van der Waals surface area contributed by atoms with Gasteiger partial charge in [0, 0.05) is 25.7 Å². The van der Waals surface area contributed by atoms with Crippen molar-refractivity contribution in [1.29, 1.82) is 5.26 Å². The van der Waals surface area contributed by atoms with Crippen LogP contribution in [-0.4, -0.2) is 28.9 Å². The molecule has 100 valence electrons. The van der Waals surface area contributed by atoms with Crippen LogP contribution in [0.5, 0.6) is 0 Å². The summed E-state index contributed by atoms with van der Waals surface area (Å²) in [6.45, 7) is 2.53. The number of hydrogen-bond acceptors (Lipinski definition) is 6. The van der Waals surface area contributed by atoms with Crippen LogP contribution in [0.4, 0.5) is 11.5 Å². The Morgan fingerprint density at radius 1 is 1.63 bits per heavy atom. The summed E-state index contributed by atoms with van der Waals surface area (Å²) in [7, 11) is 0. The Labute approximate surface area is 109 Å². The zero-order valence-corrected chi connectivity index (χ0v) is 10.3. The van der Waals surface area contributed by atoms with Gasteiger partial charge in [0.05, 0.1) is 4.92 Å². The molecule has 8 nitrogen and oxygen atoms in total. The normalized spacial score (nSPS) is 9.47. The average molecular weight is 263 g/mol. The van der Waals surface area contributed by atoms with E-state index in [1.807, 2.05) is 0 Å². The van der Waals surface area contributed by atoms with Crippen LogP contribution in [0, 0.1) is 21.4 Å². The molecule has 0 aliphatic carbocycles. The summed E-state index contributed by atoms with van der Waals surface area (Å²) in [5.41, 5.74) is -0.443. The van der Waals surface area contributed by atoms with E-state index in [0.29, 0.717) is 6.54 Å².